The molecule has 0 saturated heterocycles. The maximum absolute atomic E-state index is 11.4. The lowest BCUT2D eigenvalue weighted by atomic mass is 9.96. The number of amides is 3. The van der Waals surface area contributed by atoms with Crippen LogP contribution in [0.15, 0.2) is 0 Å². The zero-order valence-corrected chi connectivity index (χ0v) is 12.1. The van der Waals surface area contributed by atoms with Gasteiger partial charge in [-0.1, -0.05) is 13.8 Å². The van der Waals surface area contributed by atoms with Crippen molar-refractivity contribution in [1.29, 1.82) is 0 Å². The number of carbonyl (C=O) groups excluding carboxylic acids is 2. The molecule has 0 saturated carbocycles. The van der Waals surface area contributed by atoms with Gasteiger partial charge in [-0.2, -0.15) is 0 Å². The highest BCUT2D eigenvalue weighted by Gasteiger charge is 2.21. The van der Waals surface area contributed by atoms with Crippen LogP contribution in [0.2, 0.25) is 0 Å². The van der Waals surface area contributed by atoms with E-state index in [9.17, 15) is 14.4 Å². The van der Waals surface area contributed by atoms with E-state index in [1.165, 1.54) is 7.11 Å². The molecule has 0 aromatic rings. The van der Waals surface area contributed by atoms with Gasteiger partial charge in [0.2, 0.25) is 5.91 Å². The molecule has 1 atom stereocenters. The molecule has 0 spiro atoms. The van der Waals surface area contributed by atoms with Gasteiger partial charge in [-0.3, -0.25) is 9.59 Å². The van der Waals surface area contributed by atoms with Crippen LogP contribution in [0.4, 0.5) is 4.79 Å². The molecule has 0 aromatic carbocycles. The molecule has 4 N–H and O–H groups in total. The van der Waals surface area contributed by atoms with Crippen LogP contribution in [0.3, 0.4) is 0 Å². The molecule has 3 amide bonds. The molecular formula is C12H23N3O5. The molecule has 0 aliphatic carbocycles. The first-order valence-electron chi connectivity index (χ1n) is 6.38. The lowest BCUT2D eigenvalue weighted by Gasteiger charge is -2.16. The highest BCUT2D eigenvalue weighted by molar-refractivity contribution is 5.84. The van der Waals surface area contributed by atoms with Crippen molar-refractivity contribution in [3.8, 4) is 0 Å². The van der Waals surface area contributed by atoms with Gasteiger partial charge < -0.3 is 25.8 Å². The Labute approximate surface area is 118 Å². The van der Waals surface area contributed by atoms with Crippen molar-refractivity contribution in [3.05, 3.63) is 0 Å². The van der Waals surface area contributed by atoms with Crippen molar-refractivity contribution in [2.45, 2.75) is 13.8 Å². The van der Waals surface area contributed by atoms with Gasteiger partial charge in [-0.25, -0.2) is 4.79 Å². The largest absolute Gasteiger partial charge is 0.481 e. The van der Waals surface area contributed by atoms with Crippen LogP contribution in [-0.4, -0.2) is 56.4 Å². The van der Waals surface area contributed by atoms with Gasteiger partial charge in [0, 0.05) is 20.2 Å². The Morgan fingerprint density at radius 1 is 1.15 bits per heavy atom. The fourth-order valence-corrected chi connectivity index (χ4v) is 1.39. The van der Waals surface area contributed by atoms with Gasteiger partial charge in [0.05, 0.1) is 19.1 Å². The van der Waals surface area contributed by atoms with Crippen LogP contribution in [0.5, 0.6) is 0 Å². The van der Waals surface area contributed by atoms with E-state index in [0.717, 1.165) is 0 Å². The van der Waals surface area contributed by atoms with Crippen LogP contribution in [0.25, 0.3) is 0 Å². The molecular weight excluding hydrogens is 266 g/mol. The average Bonchev–Trinajstić information content (AvgIpc) is 2.36. The second kappa shape index (κ2) is 10.0. The quantitative estimate of drug-likeness (QED) is 0.423. The van der Waals surface area contributed by atoms with Gasteiger partial charge in [-0.05, 0) is 5.92 Å². The Morgan fingerprint density at radius 3 is 2.30 bits per heavy atom. The second-order valence-electron chi connectivity index (χ2n) is 4.60. The summed E-state index contributed by atoms with van der Waals surface area (Å²) >= 11 is 0. The summed E-state index contributed by atoms with van der Waals surface area (Å²) in [6.07, 6.45) is 0. The first kappa shape index (κ1) is 18.2. The highest BCUT2D eigenvalue weighted by Crippen LogP contribution is 2.09. The molecule has 8 heteroatoms. The number of hydrogen-bond donors (Lipinski definition) is 4. The number of rotatable bonds is 9. The molecule has 0 heterocycles. The van der Waals surface area contributed by atoms with Gasteiger partial charge in [0.1, 0.15) is 0 Å². The van der Waals surface area contributed by atoms with E-state index in [0.29, 0.717) is 13.2 Å². The number of urea groups is 1. The standard InChI is InChI=1S/C12H23N3O5/c1-8(2)9(11(17)18)6-14-12(19)15-7-10(16)13-4-5-20-3/h8-9H,4-7H2,1-3H3,(H,13,16)(H,17,18)(H2,14,15,19). The van der Waals surface area contributed by atoms with E-state index in [1.807, 2.05) is 0 Å². The Kier molecular flexibility index (Phi) is 9.10. The molecule has 20 heavy (non-hydrogen) atoms. The Balaban J connectivity index is 3.88. The van der Waals surface area contributed by atoms with Crippen molar-refractivity contribution in [3.63, 3.8) is 0 Å². The zero-order chi connectivity index (χ0) is 15.5. The summed E-state index contributed by atoms with van der Waals surface area (Å²) in [5.74, 6) is -2.05. The molecule has 116 valence electrons. The summed E-state index contributed by atoms with van der Waals surface area (Å²) in [5, 5.41) is 16.3. The molecule has 0 rings (SSSR count). The molecule has 0 aliphatic heterocycles. The maximum Gasteiger partial charge on any atom is 0.315 e. The predicted molar refractivity (Wildman–Crippen MR) is 72.3 cm³/mol. The third kappa shape index (κ3) is 8.30. The van der Waals surface area contributed by atoms with Crippen molar-refractivity contribution in [2.24, 2.45) is 11.8 Å². The smallest absolute Gasteiger partial charge is 0.315 e. The van der Waals surface area contributed by atoms with E-state index < -0.39 is 17.9 Å². The minimum atomic E-state index is -0.961. The molecule has 0 aliphatic rings. The number of ether oxygens (including phenoxy) is 1. The number of carbonyl (C=O) groups is 3. The van der Waals surface area contributed by atoms with Crippen LogP contribution in [-0.2, 0) is 14.3 Å². The lowest BCUT2D eigenvalue weighted by Crippen LogP contribution is -2.45. The number of carboxylic acid groups (broad SMARTS) is 1. The maximum atomic E-state index is 11.4. The fraction of sp³-hybridized carbons (Fsp3) is 0.750. The molecule has 0 fully saturated rings. The summed E-state index contributed by atoms with van der Waals surface area (Å²) in [6, 6.07) is -0.571. The topological polar surface area (TPSA) is 117 Å². The Hall–Kier alpha value is -1.83. The summed E-state index contributed by atoms with van der Waals surface area (Å²) in [4.78, 5) is 33.6. The highest BCUT2D eigenvalue weighted by atomic mass is 16.5. The SMILES string of the molecule is COCCNC(=O)CNC(=O)NCC(C(=O)O)C(C)C. The van der Waals surface area contributed by atoms with Crippen LogP contribution < -0.4 is 16.0 Å². The minimum absolute atomic E-state index is 0.0180. The van der Waals surface area contributed by atoms with E-state index in [4.69, 9.17) is 9.84 Å². The number of carboxylic acids is 1. The van der Waals surface area contributed by atoms with Crippen LogP contribution >= 0.6 is 0 Å². The minimum Gasteiger partial charge on any atom is -0.481 e. The van der Waals surface area contributed by atoms with E-state index in [-0.39, 0.29) is 24.9 Å². The lowest BCUT2D eigenvalue weighted by molar-refractivity contribution is -0.143. The van der Waals surface area contributed by atoms with Gasteiger partial charge in [0.15, 0.2) is 0 Å². The summed E-state index contributed by atoms with van der Waals surface area (Å²) in [7, 11) is 1.52. The van der Waals surface area contributed by atoms with Crippen molar-refractivity contribution in [1.82, 2.24) is 16.0 Å². The summed E-state index contributed by atoms with van der Waals surface area (Å²) in [5.41, 5.74) is 0. The van der Waals surface area contributed by atoms with Crippen molar-refractivity contribution >= 4 is 17.9 Å². The summed E-state index contributed by atoms with van der Waals surface area (Å²) < 4.78 is 4.76. The van der Waals surface area contributed by atoms with Gasteiger partial charge in [-0.15, -0.1) is 0 Å². The molecule has 0 aromatic heterocycles. The average molecular weight is 289 g/mol. The van der Waals surface area contributed by atoms with Crippen LogP contribution in [0, 0.1) is 11.8 Å². The van der Waals surface area contributed by atoms with Crippen molar-refractivity contribution < 1.29 is 24.2 Å². The van der Waals surface area contributed by atoms with E-state index >= 15 is 0 Å². The zero-order valence-electron chi connectivity index (χ0n) is 12.1. The fourth-order valence-electron chi connectivity index (χ4n) is 1.39. The number of aliphatic carboxylic acids is 1. The monoisotopic (exact) mass is 289 g/mol. The summed E-state index contributed by atoms with van der Waals surface area (Å²) in [6.45, 7) is 4.14. The molecule has 0 radical (unpaired) electrons. The number of hydrogen-bond acceptors (Lipinski definition) is 4. The number of nitrogens with one attached hydrogen (secondary N) is 3. The second-order valence-corrected chi connectivity index (χ2v) is 4.60. The molecule has 8 nitrogen and oxygen atoms in total. The van der Waals surface area contributed by atoms with Gasteiger partial charge in [0.25, 0.3) is 0 Å². The molecule has 1 unspecified atom stereocenters. The normalized spacial score (nSPS) is 11.8. The molecule has 0 bridgehead atoms. The van der Waals surface area contributed by atoms with Crippen molar-refractivity contribution in [2.75, 3.05) is 33.4 Å². The predicted octanol–water partition coefficient (Wildman–Crippen LogP) is -0.595. The van der Waals surface area contributed by atoms with E-state index in [1.54, 1.807) is 13.8 Å². The number of methoxy groups -OCH3 is 1. The Morgan fingerprint density at radius 2 is 1.80 bits per heavy atom. The first-order valence-corrected chi connectivity index (χ1v) is 6.38. The Bertz CT molecular complexity index is 333. The van der Waals surface area contributed by atoms with E-state index in [2.05, 4.69) is 16.0 Å². The first-order chi connectivity index (χ1) is 9.38. The third-order valence-electron chi connectivity index (χ3n) is 2.64. The van der Waals surface area contributed by atoms with Gasteiger partial charge >= 0.3 is 12.0 Å². The van der Waals surface area contributed by atoms with Crippen LogP contribution in [0.1, 0.15) is 13.8 Å². The third-order valence-corrected chi connectivity index (χ3v) is 2.64.